The van der Waals surface area contributed by atoms with E-state index in [1.807, 2.05) is 18.5 Å². The predicted octanol–water partition coefficient (Wildman–Crippen LogP) is 2.90. The maximum absolute atomic E-state index is 4.29. The molecule has 0 bridgehead atoms. The maximum Gasteiger partial charge on any atom is 0.108 e. The van der Waals surface area contributed by atoms with Gasteiger partial charge in [-0.3, -0.25) is 0 Å². The van der Waals surface area contributed by atoms with E-state index < -0.39 is 0 Å². The molecule has 2 heterocycles. The van der Waals surface area contributed by atoms with E-state index in [-0.39, 0.29) is 0 Å². The molecule has 0 aliphatic carbocycles. The lowest BCUT2D eigenvalue weighted by Crippen LogP contribution is -2.02. The summed E-state index contributed by atoms with van der Waals surface area (Å²) in [7, 11) is 0. The van der Waals surface area contributed by atoms with Crippen LogP contribution in [0.1, 0.15) is 18.3 Å². The van der Waals surface area contributed by atoms with Gasteiger partial charge >= 0.3 is 0 Å². The lowest BCUT2D eigenvalue weighted by molar-refractivity contribution is 0.732. The highest BCUT2D eigenvalue weighted by molar-refractivity contribution is 5.15. The standard InChI is InChI=1S/C12H14N2.C3H4N2/c1-2-12-13-8-9-14(12)10-11-6-4-3-5-7-11;1-2-5-3-4-1/h3-9H,2,10H2,1H3;1-3H,(H,4,5). The first kappa shape index (κ1) is 13.1. The molecule has 3 aromatic rings. The highest BCUT2D eigenvalue weighted by atomic mass is 15.1. The minimum atomic E-state index is 0.921. The van der Waals surface area contributed by atoms with Crippen LogP contribution in [-0.4, -0.2) is 19.5 Å². The summed E-state index contributed by atoms with van der Waals surface area (Å²) in [6.07, 6.45) is 9.97. The van der Waals surface area contributed by atoms with Crippen molar-refractivity contribution in [3.05, 3.63) is 72.8 Å². The van der Waals surface area contributed by atoms with Crippen molar-refractivity contribution in [3.63, 3.8) is 0 Å². The van der Waals surface area contributed by atoms with Crippen molar-refractivity contribution in [3.8, 4) is 0 Å². The van der Waals surface area contributed by atoms with Crippen LogP contribution in [0.25, 0.3) is 0 Å². The van der Waals surface area contributed by atoms with E-state index in [0.717, 1.165) is 18.8 Å². The molecule has 0 saturated carbocycles. The van der Waals surface area contributed by atoms with Crippen LogP contribution in [0.5, 0.6) is 0 Å². The number of aromatic amines is 1. The Bertz CT molecular complexity index is 538. The van der Waals surface area contributed by atoms with Crippen molar-refractivity contribution in [1.29, 1.82) is 0 Å². The van der Waals surface area contributed by atoms with Gasteiger partial charge in [-0.25, -0.2) is 9.97 Å². The number of hydrogen-bond donors (Lipinski definition) is 1. The second-order valence-electron chi connectivity index (χ2n) is 4.07. The van der Waals surface area contributed by atoms with Gasteiger partial charge in [0.05, 0.1) is 6.33 Å². The van der Waals surface area contributed by atoms with Gasteiger partial charge < -0.3 is 9.55 Å². The second kappa shape index (κ2) is 7.16. The van der Waals surface area contributed by atoms with Crippen LogP contribution in [0, 0.1) is 0 Å². The highest BCUT2D eigenvalue weighted by Crippen LogP contribution is 2.05. The van der Waals surface area contributed by atoms with Crippen molar-refractivity contribution in [1.82, 2.24) is 19.5 Å². The quantitative estimate of drug-likeness (QED) is 0.781. The number of rotatable bonds is 3. The molecule has 0 aliphatic heterocycles. The van der Waals surface area contributed by atoms with Crippen LogP contribution in [0.4, 0.5) is 0 Å². The SMILES string of the molecule is CCc1nccn1Cc1ccccc1.c1c[nH]cn1. The Morgan fingerprint density at radius 2 is 2.00 bits per heavy atom. The summed E-state index contributed by atoms with van der Waals surface area (Å²) >= 11 is 0. The molecule has 98 valence electrons. The first-order valence-electron chi connectivity index (χ1n) is 6.37. The second-order valence-corrected chi connectivity index (χ2v) is 4.07. The Kier molecular flexibility index (Phi) is 4.93. The van der Waals surface area contributed by atoms with Crippen LogP contribution in [0.15, 0.2) is 61.4 Å². The summed E-state index contributed by atoms with van der Waals surface area (Å²) in [5.74, 6) is 1.15. The Morgan fingerprint density at radius 3 is 2.58 bits per heavy atom. The number of aryl methyl sites for hydroxylation is 1. The topological polar surface area (TPSA) is 46.5 Å². The molecular weight excluding hydrogens is 236 g/mol. The average Bonchev–Trinajstić information content (AvgIpc) is 3.14. The van der Waals surface area contributed by atoms with E-state index in [4.69, 9.17) is 0 Å². The fourth-order valence-electron chi connectivity index (χ4n) is 1.79. The van der Waals surface area contributed by atoms with Crippen LogP contribution in [0.2, 0.25) is 0 Å². The maximum atomic E-state index is 4.29. The molecule has 0 spiro atoms. The highest BCUT2D eigenvalue weighted by Gasteiger charge is 1.99. The summed E-state index contributed by atoms with van der Waals surface area (Å²) in [5.41, 5.74) is 1.32. The third-order valence-electron chi connectivity index (χ3n) is 2.72. The lowest BCUT2D eigenvalue weighted by atomic mass is 10.2. The average molecular weight is 254 g/mol. The minimum absolute atomic E-state index is 0.921. The fraction of sp³-hybridized carbons (Fsp3) is 0.200. The molecule has 4 nitrogen and oxygen atoms in total. The molecule has 3 rings (SSSR count). The molecule has 0 amide bonds. The van der Waals surface area contributed by atoms with Gasteiger partial charge in [0.2, 0.25) is 0 Å². The Labute approximate surface area is 113 Å². The Balaban J connectivity index is 0.000000224. The molecule has 4 heteroatoms. The van der Waals surface area contributed by atoms with Crippen molar-refractivity contribution >= 4 is 0 Å². The zero-order valence-electron chi connectivity index (χ0n) is 11.0. The van der Waals surface area contributed by atoms with Crippen LogP contribution in [-0.2, 0) is 13.0 Å². The molecule has 0 fully saturated rings. The summed E-state index contributed by atoms with van der Waals surface area (Å²) in [6.45, 7) is 3.05. The van der Waals surface area contributed by atoms with E-state index >= 15 is 0 Å². The molecule has 0 unspecified atom stereocenters. The Morgan fingerprint density at radius 1 is 1.16 bits per heavy atom. The van der Waals surface area contributed by atoms with Crippen LogP contribution in [0.3, 0.4) is 0 Å². The molecule has 0 radical (unpaired) electrons. The van der Waals surface area contributed by atoms with Gasteiger partial charge in [0.1, 0.15) is 5.82 Å². The lowest BCUT2D eigenvalue weighted by Gasteiger charge is -2.05. The summed E-state index contributed by atoms with van der Waals surface area (Å²) in [6, 6.07) is 10.5. The molecular formula is C15H18N4. The van der Waals surface area contributed by atoms with Crippen molar-refractivity contribution in [2.75, 3.05) is 0 Å². The van der Waals surface area contributed by atoms with E-state index in [9.17, 15) is 0 Å². The predicted molar refractivity (Wildman–Crippen MR) is 75.7 cm³/mol. The van der Waals surface area contributed by atoms with Gasteiger partial charge in [0.15, 0.2) is 0 Å². The summed E-state index contributed by atoms with van der Waals surface area (Å²) in [4.78, 5) is 10.7. The molecule has 19 heavy (non-hydrogen) atoms. The third kappa shape index (κ3) is 4.10. The zero-order valence-corrected chi connectivity index (χ0v) is 11.0. The van der Waals surface area contributed by atoms with E-state index in [2.05, 4.69) is 50.7 Å². The molecule has 0 atom stereocenters. The number of nitrogens with zero attached hydrogens (tertiary/aromatic N) is 3. The molecule has 1 aromatic carbocycles. The number of benzene rings is 1. The monoisotopic (exact) mass is 254 g/mol. The zero-order chi connectivity index (χ0) is 13.3. The van der Waals surface area contributed by atoms with Gasteiger partial charge in [0.25, 0.3) is 0 Å². The normalized spacial score (nSPS) is 9.74. The number of hydrogen-bond acceptors (Lipinski definition) is 2. The largest absolute Gasteiger partial charge is 0.351 e. The number of imidazole rings is 2. The van der Waals surface area contributed by atoms with Gasteiger partial charge in [-0.2, -0.15) is 0 Å². The van der Waals surface area contributed by atoms with Crippen molar-refractivity contribution in [2.45, 2.75) is 19.9 Å². The van der Waals surface area contributed by atoms with Crippen molar-refractivity contribution in [2.24, 2.45) is 0 Å². The Hall–Kier alpha value is -2.36. The smallest absolute Gasteiger partial charge is 0.108 e. The van der Waals surface area contributed by atoms with E-state index in [1.54, 1.807) is 18.7 Å². The van der Waals surface area contributed by atoms with E-state index in [1.165, 1.54) is 5.56 Å². The number of nitrogens with one attached hydrogen (secondary N) is 1. The molecule has 2 aromatic heterocycles. The summed E-state index contributed by atoms with van der Waals surface area (Å²) < 4.78 is 2.19. The van der Waals surface area contributed by atoms with Gasteiger partial charge in [0, 0.05) is 37.8 Å². The first-order valence-corrected chi connectivity index (χ1v) is 6.37. The van der Waals surface area contributed by atoms with Crippen LogP contribution < -0.4 is 0 Å². The van der Waals surface area contributed by atoms with Gasteiger partial charge in [-0.1, -0.05) is 37.3 Å². The van der Waals surface area contributed by atoms with E-state index in [0.29, 0.717) is 0 Å². The van der Waals surface area contributed by atoms with Gasteiger partial charge in [-0.05, 0) is 5.56 Å². The first-order chi connectivity index (χ1) is 9.40. The summed E-state index contributed by atoms with van der Waals surface area (Å²) in [5, 5.41) is 0. The number of aromatic nitrogens is 4. The molecule has 1 N–H and O–H groups in total. The van der Waals surface area contributed by atoms with Crippen molar-refractivity contribution < 1.29 is 0 Å². The fourth-order valence-corrected chi connectivity index (χ4v) is 1.79. The van der Waals surface area contributed by atoms with Crippen LogP contribution >= 0.6 is 0 Å². The molecule has 0 aliphatic rings. The number of H-pyrrole nitrogens is 1. The van der Waals surface area contributed by atoms with Gasteiger partial charge in [-0.15, -0.1) is 0 Å². The third-order valence-corrected chi connectivity index (χ3v) is 2.72. The minimum Gasteiger partial charge on any atom is -0.351 e. The molecule has 0 saturated heterocycles.